The number of likely N-dealkylation sites (N-methyl/N-ethyl adjacent to an activating group) is 1. The molecule has 1 saturated heterocycles. The number of aliphatic imine (C=N–C) groups is 1. The molecule has 0 aliphatic carbocycles. The van der Waals surface area contributed by atoms with Crippen LogP contribution in [0.5, 0.6) is 0 Å². The van der Waals surface area contributed by atoms with Gasteiger partial charge in [0.15, 0.2) is 5.96 Å². The standard InChI is InChI=1S/C20H34N4O.HI/c1-4-21-20(23-15-19-12-9-13-24(19)5-2)22-14-17-10-7-8-11-18(17)16-25-6-3;/h7-8,10-11,19H,4-6,9,12-16H2,1-3H3,(H2,21,22,23);1H. The summed E-state index contributed by atoms with van der Waals surface area (Å²) in [5.41, 5.74) is 2.45. The number of nitrogens with one attached hydrogen (secondary N) is 2. The van der Waals surface area contributed by atoms with Crippen molar-refractivity contribution < 1.29 is 4.74 Å². The number of benzene rings is 1. The van der Waals surface area contributed by atoms with Gasteiger partial charge in [-0.25, -0.2) is 4.99 Å². The molecule has 6 heteroatoms. The lowest BCUT2D eigenvalue weighted by Crippen LogP contribution is -2.44. The highest BCUT2D eigenvalue weighted by molar-refractivity contribution is 14.0. The van der Waals surface area contributed by atoms with Crippen molar-refractivity contribution in [1.82, 2.24) is 15.5 Å². The maximum Gasteiger partial charge on any atom is 0.191 e. The van der Waals surface area contributed by atoms with Crippen LogP contribution >= 0.6 is 24.0 Å². The minimum Gasteiger partial charge on any atom is -0.377 e. The fourth-order valence-corrected chi connectivity index (χ4v) is 3.33. The largest absolute Gasteiger partial charge is 0.377 e. The second kappa shape index (κ2) is 13.3. The molecule has 1 aliphatic rings. The monoisotopic (exact) mass is 474 g/mol. The Kier molecular flexibility index (Phi) is 11.9. The van der Waals surface area contributed by atoms with Crippen LogP contribution in [0, 0.1) is 0 Å². The molecule has 0 aromatic heterocycles. The summed E-state index contributed by atoms with van der Waals surface area (Å²) in [6.45, 7) is 12.6. The molecule has 0 bridgehead atoms. The van der Waals surface area contributed by atoms with Gasteiger partial charge in [0.25, 0.3) is 0 Å². The average molecular weight is 474 g/mol. The van der Waals surface area contributed by atoms with Crippen LogP contribution in [0.1, 0.15) is 44.7 Å². The zero-order valence-corrected chi connectivity index (χ0v) is 18.8. The van der Waals surface area contributed by atoms with E-state index >= 15 is 0 Å². The molecule has 1 aliphatic heterocycles. The molecule has 1 aromatic carbocycles. The van der Waals surface area contributed by atoms with Gasteiger partial charge < -0.3 is 15.4 Å². The molecule has 1 heterocycles. The van der Waals surface area contributed by atoms with E-state index in [9.17, 15) is 0 Å². The van der Waals surface area contributed by atoms with E-state index in [1.807, 2.05) is 6.92 Å². The van der Waals surface area contributed by atoms with Crippen molar-refractivity contribution in [3.8, 4) is 0 Å². The number of hydrogen-bond acceptors (Lipinski definition) is 3. The topological polar surface area (TPSA) is 48.9 Å². The molecule has 0 spiro atoms. The number of halogens is 1. The maximum absolute atomic E-state index is 5.57. The molecule has 148 valence electrons. The molecule has 2 N–H and O–H groups in total. The number of guanidine groups is 1. The van der Waals surface area contributed by atoms with E-state index in [4.69, 9.17) is 9.73 Å². The fourth-order valence-electron chi connectivity index (χ4n) is 3.33. The summed E-state index contributed by atoms with van der Waals surface area (Å²) in [7, 11) is 0. The molecular weight excluding hydrogens is 439 g/mol. The predicted octanol–water partition coefficient (Wildman–Crippen LogP) is 3.38. The van der Waals surface area contributed by atoms with Crippen molar-refractivity contribution in [1.29, 1.82) is 0 Å². The third-order valence-corrected chi connectivity index (χ3v) is 4.74. The zero-order valence-electron chi connectivity index (χ0n) is 16.5. The van der Waals surface area contributed by atoms with E-state index in [2.05, 4.69) is 53.6 Å². The van der Waals surface area contributed by atoms with Crippen LogP contribution in [-0.2, 0) is 17.9 Å². The predicted molar refractivity (Wildman–Crippen MR) is 120 cm³/mol. The number of nitrogens with zero attached hydrogens (tertiary/aromatic N) is 2. The lowest BCUT2D eigenvalue weighted by molar-refractivity contribution is 0.133. The smallest absolute Gasteiger partial charge is 0.191 e. The molecule has 0 saturated carbocycles. The van der Waals surface area contributed by atoms with E-state index in [0.29, 0.717) is 19.2 Å². The van der Waals surface area contributed by atoms with Crippen LogP contribution in [0.25, 0.3) is 0 Å². The summed E-state index contributed by atoms with van der Waals surface area (Å²) in [5, 5.41) is 6.89. The van der Waals surface area contributed by atoms with Gasteiger partial charge in [-0.2, -0.15) is 0 Å². The average Bonchev–Trinajstić information content (AvgIpc) is 3.10. The summed E-state index contributed by atoms with van der Waals surface area (Å²) in [5.74, 6) is 0.900. The third-order valence-electron chi connectivity index (χ3n) is 4.74. The summed E-state index contributed by atoms with van der Waals surface area (Å²) in [6.07, 6.45) is 2.58. The van der Waals surface area contributed by atoms with Crippen molar-refractivity contribution in [3.63, 3.8) is 0 Å². The van der Waals surface area contributed by atoms with Crippen molar-refractivity contribution in [2.75, 3.05) is 32.8 Å². The van der Waals surface area contributed by atoms with Gasteiger partial charge in [0.2, 0.25) is 0 Å². The van der Waals surface area contributed by atoms with E-state index < -0.39 is 0 Å². The number of hydrogen-bond donors (Lipinski definition) is 2. The second-order valence-corrected chi connectivity index (χ2v) is 6.41. The Bertz CT molecular complexity index is 538. The Labute approximate surface area is 176 Å². The number of likely N-dealkylation sites (tertiary alicyclic amines) is 1. The highest BCUT2D eigenvalue weighted by atomic mass is 127. The molecule has 2 rings (SSSR count). The molecule has 0 amide bonds. The zero-order chi connectivity index (χ0) is 17.9. The highest BCUT2D eigenvalue weighted by Gasteiger charge is 2.22. The van der Waals surface area contributed by atoms with Gasteiger partial charge in [-0.3, -0.25) is 4.90 Å². The molecule has 1 fully saturated rings. The molecule has 1 unspecified atom stereocenters. The summed E-state index contributed by atoms with van der Waals surface area (Å²) in [4.78, 5) is 7.33. The Morgan fingerprint density at radius 1 is 1.19 bits per heavy atom. The van der Waals surface area contributed by atoms with Gasteiger partial charge in [0, 0.05) is 25.7 Å². The van der Waals surface area contributed by atoms with Crippen molar-refractivity contribution in [2.45, 2.75) is 52.8 Å². The van der Waals surface area contributed by atoms with E-state index in [0.717, 1.165) is 32.2 Å². The first-order valence-corrected chi connectivity index (χ1v) is 9.69. The Hall–Kier alpha value is -0.860. The molecule has 1 atom stereocenters. The lowest BCUT2D eigenvalue weighted by Gasteiger charge is -2.24. The fraction of sp³-hybridized carbons (Fsp3) is 0.650. The van der Waals surface area contributed by atoms with E-state index in [1.165, 1.54) is 30.5 Å². The van der Waals surface area contributed by atoms with Gasteiger partial charge in [0.05, 0.1) is 13.2 Å². The summed E-state index contributed by atoms with van der Waals surface area (Å²) in [6, 6.07) is 9.01. The van der Waals surface area contributed by atoms with Gasteiger partial charge in [0.1, 0.15) is 0 Å². The van der Waals surface area contributed by atoms with Gasteiger partial charge >= 0.3 is 0 Å². The Morgan fingerprint density at radius 3 is 2.65 bits per heavy atom. The Morgan fingerprint density at radius 2 is 1.96 bits per heavy atom. The number of rotatable bonds is 9. The normalized spacial score (nSPS) is 17.8. The first kappa shape index (κ1) is 23.2. The minimum absolute atomic E-state index is 0. The first-order chi connectivity index (χ1) is 12.3. The second-order valence-electron chi connectivity index (χ2n) is 6.41. The quantitative estimate of drug-likeness (QED) is 0.328. The molecule has 5 nitrogen and oxygen atoms in total. The van der Waals surface area contributed by atoms with Crippen LogP contribution in [0.3, 0.4) is 0 Å². The third kappa shape index (κ3) is 7.40. The van der Waals surface area contributed by atoms with Crippen LogP contribution in [-0.4, -0.2) is 49.7 Å². The minimum atomic E-state index is 0. The molecule has 0 radical (unpaired) electrons. The van der Waals surface area contributed by atoms with Crippen LogP contribution < -0.4 is 10.6 Å². The molecular formula is C20H35IN4O. The molecule has 1 aromatic rings. The maximum atomic E-state index is 5.57. The van der Waals surface area contributed by atoms with E-state index in [1.54, 1.807) is 0 Å². The van der Waals surface area contributed by atoms with E-state index in [-0.39, 0.29) is 24.0 Å². The van der Waals surface area contributed by atoms with Crippen molar-refractivity contribution in [2.24, 2.45) is 4.99 Å². The van der Waals surface area contributed by atoms with Gasteiger partial charge in [-0.05, 0) is 50.9 Å². The number of ether oxygens (including phenoxy) is 1. The van der Waals surface area contributed by atoms with Gasteiger partial charge in [-0.1, -0.05) is 31.2 Å². The van der Waals surface area contributed by atoms with Gasteiger partial charge in [-0.15, -0.1) is 24.0 Å². The summed E-state index contributed by atoms with van der Waals surface area (Å²) >= 11 is 0. The SMILES string of the molecule is CCNC(=NCc1ccccc1COCC)NCC1CCCN1CC.I. The highest BCUT2D eigenvalue weighted by Crippen LogP contribution is 2.15. The first-order valence-electron chi connectivity index (χ1n) is 9.69. The van der Waals surface area contributed by atoms with Crippen LogP contribution in [0.15, 0.2) is 29.3 Å². The lowest BCUT2D eigenvalue weighted by atomic mass is 10.1. The van der Waals surface area contributed by atoms with Crippen LogP contribution in [0.4, 0.5) is 0 Å². The van der Waals surface area contributed by atoms with Crippen LogP contribution in [0.2, 0.25) is 0 Å². The summed E-state index contributed by atoms with van der Waals surface area (Å²) < 4.78 is 5.57. The molecule has 26 heavy (non-hydrogen) atoms. The van der Waals surface area contributed by atoms with Crippen molar-refractivity contribution in [3.05, 3.63) is 35.4 Å². The Balaban J connectivity index is 0.00000338. The van der Waals surface area contributed by atoms with Crippen molar-refractivity contribution >= 4 is 29.9 Å².